The van der Waals surface area contributed by atoms with Gasteiger partial charge in [0, 0.05) is 19.3 Å². The SMILES string of the molecule is CC/C=C\C/C=C\C/C=C\C/C=C\CCCCCCC(=O)OC(COC(=O)CCCCCCC/C=C\C/C=C\CCCCCC)COC(=O)CCCCCCCCCCCCC/C=C\C/C=C\CCCCCCC. The van der Waals surface area contributed by atoms with Gasteiger partial charge in [0.2, 0.25) is 0 Å². The van der Waals surface area contributed by atoms with Gasteiger partial charge in [-0.25, -0.2) is 0 Å². The van der Waals surface area contributed by atoms with Gasteiger partial charge < -0.3 is 14.2 Å². The minimum atomic E-state index is -0.799. The maximum absolute atomic E-state index is 12.9. The van der Waals surface area contributed by atoms with Gasteiger partial charge in [0.25, 0.3) is 0 Å². The van der Waals surface area contributed by atoms with Crippen LogP contribution in [0.15, 0.2) is 97.2 Å². The second kappa shape index (κ2) is 61.9. The normalized spacial score (nSPS) is 12.7. The molecule has 0 spiro atoms. The zero-order chi connectivity index (χ0) is 53.6. The van der Waals surface area contributed by atoms with E-state index in [0.29, 0.717) is 19.3 Å². The summed E-state index contributed by atoms with van der Waals surface area (Å²) in [5, 5.41) is 0. The van der Waals surface area contributed by atoms with Crippen LogP contribution in [0.5, 0.6) is 0 Å². The van der Waals surface area contributed by atoms with Crippen LogP contribution in [0.1, 0.15) is 297 Å². The van der Waals surface area contributed by atoms with Crippen LogP contribution in [0.25, 0.3) is 0 Å². The van der Waals surface area contributed by atoms with Gasteiger partial charge >= 0.3 is 17.9 Å². The zero-order valence-corrected chi connectivity index (χ0v) is 48.6. The number of carbonyl (C=O) groups excluding carboxylic acids is 3. The van der Waals surface area contributed by atoms with Crippen LogP contribution >= 0.6 is 0 Å². The summed E-state index contributed by atoms with van der Waals surface area (Å²) >= 11 is 0. The van der Waals surface area contributed by atoms with E-state index in [2.05, 4.69) is 118 Å². The first-order valence-corrected chi connectivity index (χ1v) is 31.2. The summed E-state index contributed by atoms with van der Waals surface area (Å²) in [4.78, 5) is 38.3. The Kier molecular flexibility index (Phi) is 58.8. The zero-order valence-electron chi connectivity index (χ0n) is 48.6. The third-order valence-electron chi connectivity index (χ3n) is 13.3. The minimum absolute atomic E-state index is 0.0931. The molecule has 0 rings (SSSR count). The quantitative estimate of drug-likeness (QED) is 0.0261. The predicted octanol–water partition coefficient (Wildman–Crippen LogP) is 21.3. The average Bonchev–Trinajstić information content (AvgIpc) is 3.40. The first-order valence-electron chi connectivity index (χ1n) is 31.2. The highest BCUT2D eigenvalue weighted by Gasteiger charge is 2.19. The van der Waals surface area contributed by atoms with Crippen LogP contribution in [0, 0.1) is 0 Å². The van der Waals surface area contributed by atoms with Crippen molar-refractivity contribution in [2.24, 2.45) is 0 Å². The first kappa shape index (κ1) is 70.3. The lowest BCUT2D eigenvalue weighted by Gasteiger charge is -2.18. The number of carbonyl (C=O) groups is 3. The van der Waals surface area contributed by atoms with Crippen LogP contribution in [0.3, 0.4) is 0 Å². The highest BCUT2D eigenvalue weighted by molar-refractivity contribution is 5.71. The first-order chi connectivity index (χ1) is 36.5. The van der Waals surface area contributed by atoms with E-state index in [1.165, 1.54) is 128 Å². The lowest BCUT2D eigenvalue weighted by atomic mass is 10.0. The van der Waals surface area contributed by atoms with Gasteiger partial charge in [0.1, 0.15) is 13.2 Å². The molecule has 0 aromatic heterocycles. The highest BCUT2D eigenvalue weighted by Crippen LogP contribution is 2.15. The van der Waals surface area contributed by atoms with Crippen molar-refractivity contribution in [2.75, 3.05) is 13.2 Å². The molecule has 0 aliphatic carbocycles. The van der Waals surface area contributed by atoms with Crippen LogP contribution in [0.4, 0.5) is 0 Å². The van der Waals surface area contributed by atoms with Gasteiger partial charge in [0.05, 0.1) is 0 Å². The van der Waals surface area contributed by atoms with Crippen LogP contribution in [-0.2, 0) is 28.6 Å². The Balaban J connectivity index is 4.40. The molecule has 0 bridgehead atoms. The Morgan fingerprint density at radius 2 is 0.527 bits per heavy atom. The lowest BCUT2D eigenvalue weighted by Crippen LogP contribution is -2.30. The fourth-order valence-electron chi connectivity index (χ4n) is 8.61. The Labute approximate surface area is 457 Å². The number of esters is 3. The van der Waals surface area contributed by atoms with E-state index < -0.39 is 6.10 Å². The average molecular weight is 1030 g/mol. The predicted molar refractivity (Wildman–Crippen MR) is 320 cm³/mol. The molecule has 0 heterocycles. The summed E-state index contributed by atoms with van der Waals surface area (Å²) in [5.41, 5.74) is 0. The summed E-state index contributed by atoms with van der Waals surface area (Å²) in [7, 11) is 0. The Hall–Kier alpha value is -3.67. The standard InChI is InChI=1S/C68H116O6/c1-4-7-10-13-16-19-22-25-28-31-32-33-34-35-36-38-40-43-46-49-52-55-58-61-67(70)73-64-65(63-72-66(69)60-57-54-51-48-45-42-39-30-27-24-21-18-15-12-9-6-3)74-68(71)62-59-56-53-50-47-44-41-37-29-26-23-20-17-14-11-8-5-2/h8,11,17,20-22,24-26,29-32,39,41,44,65H,4-7,9-10,12-16,18-19,23,27-28,33-38,40,42-43,45-64H2,1-3H3/b11-8-,20-17-,24-21-,25-22-,29-26-,32-31-,39-30-,44-41-. The monoisotopic (exact) mass is 1030 g/mol. The molecule has 0 aliphatic heterocycles. The van der Waals surface area contributed by atoms with E-state index in [9.17, 15) is 14.4 Å². The van der Waals surface area contributed by atoms with E-state index in [-0.39, 0.29) is 31.1 Å². The molecule has 6 heteroatoms. The van der Waals surface area contributed by atoms with E-state index in [1.807, 2.05) is 0 Å². The third-order valence-corrected chi connectivity index (χ3v) is 13.3. The largest absolute Gasteiger partial charge is 0.462 e. The van der Waals surface area contributed by atoms with Gasteiger partial charge in [-0.15, -0.1) is 0 Å². The van der Waals surface area contributed by atoms with Gasteiger partial charge in [-0.2, -0.15) is 0 Å². The maximum Gasteiger partial charge on any atom is 0.306 e. The molecular weight excluding hydrogens is 913 g/mol. The van der Waals surface area contributed by atoms with Crippen molar-refractivity contribution in [3.05, 3.63) is 97.2 Å². The fraction of sp³-hybridized carbons (Fsp3) is 0.721. The van der Waals surface area contributed by atoms with Gasteiger partial charge in [-0.05, 0) is 122 Å². The lowest BCUT2D eigenvalue weighted by molar-refractivity contribution is -0.167. The van der Waals surface area contributed by atoms with Crippen molar-refractivity contribution in [3.63, 3.8) is 0 Å². The van der Waals surface area contributed by atoms with Crippen molar-refractivity contribution < 1.29 is 28.6 Å². The molecule has 0 radical (unpaired) electrons. The van der Waals surface area contributed by atoms with E-state index in [4.69, 9.17) is 14.2 Å². The van der Waals surface area contributed by atoms with E-state index in [1.54, 1.807) is 0 Å². The van der Waals surface area contributed by atoms with Gasteiger partial charge in [-0.1, -0.05) is 253 Å². The molecule has 0 N–H and O–H groups in total. The second-order valence-corrected chi connectivity index (χ2v) is 20.6. The minimum Gasteiger partial charge on any atom is -0.462 e. The van der Waals surface area contributed by atoms with Crippen LogP contribution in [0.2, 0.25) is 0 Å². The summed E-state index contributed by atoms with van der Waals surface area (Å²) in [6.07, 6.45) is 82.6. The molecule has 0 aliphatic rings. The number of hydrogen-bond donors (Lipinski definition) is 0. The number of hydrogen-bond acceptors (Lipinski definition) is 6. The van der Waals surface area contributed by atoms with Crippen LogP contribution in [-0.4, -0.2) is 37.2 Å². The summed E-state index contributed by atoms with van der Waals surface area (Å²) in [6.45, 7) is 6.49. The Bertz CT molecular complexity index is 1460. The molecule has 0 amide bonds. The molecule has 0 saturated carbocycles. The smallest absolute Gasteiger partial charge is 0.306 e. The number of allylic oxidation sites excluding steroid dienone is 16. The maximum atomic E-state index is 12.9. The van der Waals surface area contributed by atoms with Crippen molar-refractivity contribution >= 4 is 17.9 Å². The second-order valence-electron chi connectivity index (χ2n) is 20.6. The van der Waals surface area contributed by atoms with E-state index >= 15 is 0 Å². The van der Waals surface area contributed by atoms with Crippen molar-refractivity contribution in [3.8, 4) is 0 Å². The number of rotatable bonds is 56. The molecule has 0 aromatic carbocycles. The molecule has 74 heavy (non-hydrogen) atoms. The topological polar surface area (TPSA) is 78.9 Å². The number of unbranched alkanes of at least 4 members (excludes halogenated alkanes) is 29. The fourth-order valence-corrected chi connectivity index (χ4v) is 8.61. The highest BCUT2D eigenvalue weighted by atomic mass is 16.6. The summed E-state index contributed by atoms with van der Waals surface area (Å²) < 4.78 is 16.9. The molecule has 0 fully saturated rings. The van der Waals surface area contributed by atoms with Crippen molar-refractivity contribution in [2.45, 2.75) is 303 Å². The molecule has 424 valence electrons. The van der Waals surface area contributed by atoms with Gasteiger partial charge in [0.15, 0.2) is 6.10 Å². The number of ether oxygens (including phenoxy) is 3. The molecule has 1 atom stereocenters. The molecule has 6 nitrogen and oxygen atoms in total. The molecule has 1 unspecified atom stereocenters. The van der Waals surface area contributed by atoms with Crippen molar-refractivity contribution in [1.29, 1.82) is 0 Å². The Morgan fingerprint density at radius 3 is 0.838 bits per heavy atom. The molecule has 0 saturated heterocycles. The molecular formula is C68H116O6. The van der Waals surface area contributed by atoms with Crippen LogP contribution < -0.4 is 0 Å². The van der Waals surface area contributed by atoms with Crippen molar-refractivity contribution in [1.82, 2.24) is 0 Å². The third kappa shape index (κ3) is 59.2. The summed E-state index contributed by atoms with van der Waals surface area (Å²) in [6, 6.07) is 0. The van der Waals surface area contributed by atoms with Gasteiger partial charge in [-0.3, -0.25) is 14.4 Å². The Morgan fingerprint density at radius 1 is 0.284 bits per heavy atom. The van der Waals surface area contributed by atoms with E-state index in [0.717, 1.165) is 128 Å². The summed E-state index contributed by atoms with van der Waals surface area (Å²) in [5.74, 6) is -0.926. The molecule has 0 aromatic rings.